The van der Waals surface area contributed by atoms with Crippen molar-refractivity contribution >= 4 is 39.3 Å². The quantitative estimate of drug-likeness (QED) is 0.221. The molecule has 0 aromatic heterocycles. The topological polar surface area (TPSA) is 87.1 Å². The fourth-order valence-corrected chi connectivity index (χ4v) is 3.68. The second-order valence-corrected chi connectivity index (χ2v) is 8.38. The number of carbonyl (C=O) groups excluding carboxylic acids is 3. The molecule has 0 spiro atoms. The van der Waals surface area contributed by atoms with E-state index in [2.05, 4.69) is 15.9 Å². The van der Waals surface area contributed by atoms with Crippen LogP contribution >= 0.6 is 15.9 Å². The lowest BCUT2D eigenvalue weighted by atomic mass is 9.95. The summed E-state index contributed by atoms with van der Waals surface area (Å²) < 4.78 is 5.90. The van der Waals surface area contributed by atoms with Gasteiger partial charge in [0.15, 0.2) is 0 Å². The summed E-state index contributed by atoms with van der Waals surface area (Å²) in [4.78, 5) is 40.4. The van der Waals surface area contributed by atoms with E-state index in [1.54, 1.807) is 48.5 Å². The van der Waals surface area contributed by atoms with Crippen LogP contribution in [0.4, 0.5) is 0 Å². The molecule has 3 rings (SSSR count). The van der Waals surface area contributed by atoms with Crippen LogP contribution in [0, 0.1) is 0 Å². The number of aliphatic hydroxyl groups excluding tert-OH is 1. The molecule has 8 heteroatoms. The van der Waals surface area contributed by atoms with Gasteiger partial charge >= 0.3 is 5.97 Å². The van der Waals surface area contributed by atoms with Crippen molar-refractivity contribution in [2.45, 2.75) is 13.0 Å². The normalized spacial score (nSPS) is 18.0. The first-order valence-corrected chi connectivity index (χ1v) is 10.5. The zero-order chi connectivity index (χ0) is 22.7. The van der Waals surface area contributed by atoms with Crippen LogP contribution in [-0.4, -0.2) is 59.8 Å². The maximum Gasteiger partial charge on any atom is 0.308 e. The highest BCUT2D eigenvalue weighted by Gasteiger charge is 2.45. The van der Waals surface area contributed by atoms with Crippen molar-refractivity contribution < 1.29 is 24.2 Å². The van der Waals surface area contributed by atoms with Gasteiger partial charge in [-0.3, -0.25) is 14.4 Å². The van der Waals surface area contributed by atoms with Crippen molar-refractivity contribution in [1.82, 2.24) is 9.80 Å². The van der Waals surface area contributed by atoms with Crippen molar-refractivity contribution in [2.75, 3.05) is 27.2 Å². The van der Waals surface area contributed by atoms with E-state index in [0.717, 1.165) is 4.47 Å². The number of benzene rings is 2. The van der Waals surface area contributed by atoms with Gasteiger partial charge < -0.3 is 19.6 Å². The van der Waals surface area contributed by atoms with Crippen molar-refractivity contribution in [1.29, 1.82) is 0 Å². The Labute approximate surface area is 189 Å². The second kappa shape index (κ2) is 9.45. The van der Waals surface area contributed by atoms with Crippen LogP contribution in [0.15, 0.2) is 58.6 Å². The molecule has 1 amide bonds. The Morgan fingerprint density at radius 1 is 1.10 bits per heavy atom. The molecule has 1 atom stereocenters. The summed E-state index contributed by atoms with van der Waals surface area (Å²) in [6.45, 7) is 2.17. The van der Waals surface area contributed by atoms with Gasteiger partial charge in [-0.1, -0.05) is 40.2 Å². The first-order valence-electron chi connectivity index (χ1n) is 9.66. The molecular weight excluding hydrogens is 464 g/mol. The van der Waals surface area contributed by atoms with E-state index in [4.69, 9.17) is 4.74 Å². The third-order valence-corrected chi connectivity index (χ3v) is 5.43. The van der Waals surface area contributed by atoms with E-state index in [1.807, 2.05) is 19.0 Å². The molecule has 1 heterocycles. The minimum atomic E-state index is -0.755. The van der Waals surface area contributed by atoms with E-state index in [-0.39, 0.29) is 11.3 Å². The number of hydrogen-bond donors (Lipinski definition) is 1. The lowest BCUT2D eigenvalue weighted by Crippen LogP contribution is -2.35. The Balaban J connectivity index is 2.09. The smallest absolute Gasteiger partial charge is 0.308 e. The number of likely N-dealkylation sites (N-methyl/N-ethyl adjacent to an activating group) is 1. The predicted octanol–water partition coefficient (Wildman–Crippen LogP) is 3.36. The summed E-state index contributed by atoms with van der Waals surface area (Å²) in [7, 11) is 3.75. The van der Waals surface area contributed by atoms with Crippen molar-refractivity contribution in [3.63, 3.8) is 0 Å². The highest BCUT2D eigenvalue weighted by Crippen LogP contribution is 2.39. The number of carbonyl (C=O) groups is 3. The summed E-state index contributed by atoms with van der Waals surface area (Å²) in [6, 6.07) is 12.7. The number of hydrogen-bond acceptors (Lipinski definition) is 6. The van der Waals surface area contributed by atoms with Gasteiger partial charge in [0.25, 0.3) is 11.7 Å². The van der Waals surface area contributed by atoms with Gasteiger partial charge in [0.2, 0.25) is 0 Å². The average molecular weight is 487 g/mol. The number of nitrogens with zero attached hydrogens (tertiary/aromatic N) is 2. The highest BCUT2D eigenvalue weighted by atomic mass is 79.9. The molecule has 0 aliphatic carbocycles. The number of esters is 1. The number of halogens is 1. The number of amides is 1. The third-order valence-electron chi connectivity index (χ3n) is 4.90. The first kappa shape index (κ1) is 22.7. The van der Waals surface area contributed by atoms with Crippen LogP contribution < -0.4 is 4.74 Å². The number of likely N-dealkylation sites (tertiary alicyclic amines) is 1. The number of aliphatic hydroxyl groups is 1. The molecule has 2 aromatic carbocycles. The van der Waals surface area contributed by atoms with Crippen LogP contribution in [0.3, 0.4) is 0 Å². The zero-order valence-corrected chi connectivity index (χ0v) is 19.0. The van der Waals surface area contributed by atoms with Crippen molar-refractivity contribution in [3.8, 4) is 5.75 Å². The van der Waals surface area contributed by atoms with E-state index >= 15 is 0 Å². The number of ketones is 1. The number of ether oxygens (including phenoxy) is 1. The summed E-state index contributed by atoms with van der Waals surface area (Å²) in [5.41, 5.74) is 1.11. The molecule has 162 valence electrons. The molecule has 31 heavy (non-hydrogen) atoms. The van der Waals surface area contributed by atoms with Gasteiger partial charge in [0.1, 0.15) is 11.5 Å². The maximum atomic E-state index is 12.9. The van der Waals surface area contributed by atoms with Crippen LogP contribution in [-0.2, 0) is 14.4 Å². The molecule has 1 fully saturated rings. The van der Waals surface area contributed by atoms with Gasteiger partial charge in [-0.2, -0.15) is 0 Å². The molecule has 0 bridgehead atoms. The van der Waals surface area contributed by atoms with Gasteiger partial charge in [-0.15, -0.1) is 0 Å². The fraction of sp³-hybridized carbons (Fsp3) is 0.261. The Bertz CT molecular complexity index is 1030. The van der Waals surface area contributed by atoms with E-state index in [9.17, 15) is 19.5 Å². The third kappa shape index (κ3) is 5.03. The van der Waals surface area contributed by atoms with Crippen molar-refractivity contribution in [2.24, 2.45) is 0 Å². The standard InChI is InChI=1S/C23H23BrN2O5/c1-14(27)31-18-10-6-15(7-11-18)20-19(21(28)16-4-8-17(24)9-5-16)22(29)23(30)26(20)13-12-25(2)3/h4-11,20,28H,12-13H2,1-3H3/b21-19-. The van der Waals surface area contributed by atoms with Crippen LogP contribution in [0.5, 0.6) is 5.75 Å². The minimum absolute atomic E-state index is 0.0336. The zero-order valence-electron chi connectivity index (χ0n) is 17.5. The predicted molar refractivity (Wildman–Crippen MR) is 119 cm³/mol. The van der Waals surface area contributed by atoms with E-state index in [0.29, 0.717) is 30.0 Å². The lowest BCUT2D eigenvalue weighted by molar-refractivity contribution is -0.140. The van der Waals surface area contributed by atoms with Gasteiger partial charge in [-0.05, 0) is 43.9 Å². The Morgan fingerprint density at radius 2 is 1.71 bits per heavy atom. The summed E-state index contributed by atoms with van der Waals surface area (Å²) >= 11 is 3.35. The van der Waals surface area contributed by atoms with Crippen LogP contribution in [0.1, 0.15) is 24.1 Å². The SMILES string of the molecule is CC(=O)Oc1ccc(C2/C(=C(/O)c3ccc(Br)cc3)C(=O)C(=O)N2CCN(C)C)cc1. The fourth-order valence-electron chi connectivity index (χ4n) is 3.41. The Morgan fingerprint density at radius 3 is 2.26 bits per heavy atom. The number of rotatable bonds is 6. The maximum absolute atomic E-state index is 12.9. The van der Waals surface area contributed by atoms with Crippen molar-refractivity contribution in [3.05, 3.63) is 69.7 Å². The highest BCUT2D eigenvalue weighted by molar-refractivity contribution is 9.10. The first-order chi connectivity index (χ1) is 14.7. The van der Waals surface area contributed by atoms with E-state index < -0.39 is 23.7 Å². The Kier molecular flexibility index (Phi) is 6.92. The molecule has 0 radical (unpaired) electrons. The minimum Gasteiger partial charge on any atom is -0.507 e. The molecule has 1 aliphatic heterocycles. The molecule has 1 N–H and O–H groups in total. The molecule has 1 saturated heterocycles. The van der Waals surface area contributed by atoms with Gasteiger partial charge in [0, 0.05) is 30.0 Å². The summed E-state index contributed by atoms with van der Waals surface area (Å²) in [6.07, 6.45) is 0. The van der Waals surface area contributed by atoms with Crippen LogP contribution in [0.2, 0.25) is 0 Å². The average Bonchev–Trinajstić information content (AvgIpc) is 2.97. The molecule has 7 nitrogen and oxygen atoms in total. The Hall–Kier alpha value is -2.97. The van der Waals surface area contributed by atoms with Crippen LogP contribution in [0.25, 0.3) is 5.76 Å². The lowest BCUT2D eigenvalue weighted by Gasteiger charge is -2.26. The number of Topliss-reactive ketones (excluding diaryl/α,β-unsaturated/α-hetero) is 1. The molecular formula is C23H23BrN2O5. The largest absolute Gasteiger partial charge is 0.507 e. The molecule has 0 saturated carbocycles. The second-order valence-electron chi connectivity index (χ2n) is 7.47. The molecule has 2 aromatic rings. The van der Waals surface area contributed by atoms with E-state index in [1.165, 1.54) is 11.8 Å². The van der Waals surface area contributed by atoms with Gasteiger partial charge in [0.05, 0.1) is 11.6 Å². The molecule has 1 unspecified atom stereocenters. The summed E-state index contributed by atoms with van der Waals surface area (Å²) in [5, 5.41) is 11.0. The molecule has 1 aliphatic rings. The van der Waals surface area contributed by atoms with Gasteiger partial charge in [-0.25, -0.2) is 0 Å². The summed E-state index contributed by atoms with van der Waals surface area (Å²) in [5.74, 6) is -1.70. The monoisotopic (exact) mass is 486 g/mol.